The topological polar surface area (TPSA) is 55.4 Å². The molecule has 0 heterocycles. The summed E-state index contributed by atoms with van der Waals surface area (Å²) < 4.78 is 4.88. The van der Waals surface area contributed by atoms with Crippen LogP contribution in [0.2, 0.25) is 0 Å². The highest BCUT2D eigenvalue weighted by Gasteiger charge is 2.07. The van der Waals surface area contributed by atoms with Gasteiger partial charge in [-0.05, 0) is 50.2 Å². The summed E-state index contributed by atoms with van der Waals surface area (Å²) in [5.74, 6) is -0.0852. The highest BCUT2D eigenvalue weighted by atomic mass is 32.2. The molecule has 0 aromatic heterocycles. The van der Waals surface area contributed by atoms with E-state index in [0.29, 0.717) is 12.2 Å². The monoisotopic (exact) mass is 329 g/mol. The number of rotatable bonds is 6. The Hall–Kier alpha value is -2.27. The first-order valence-electron chi connectivity index (χ1n) is 7.35. The highest BCUT2D eigenvalue weighted by molar-refractivity contribution is 8.00. The third-order valence-corrected chi connectivity index (χ3v) is 4.04. The van der Waals surface area contributed by atoms with Crippen molar-refractivity contribution in [2.45, 2.75) is 18.7 Å². The van der Waals surface area contributed by atoms with E-state index in [-0.39, 0.29) is 17.6 Å². The standard InChI is InChI=1S/C18H19NO3S/c1-3-22-17(20)12-23-16-9-7-15(8-10-16)19-18(21)14-6-4-5-13(2)11-14/h4-11H,3,12H2,1-2H3,(H,19,21). The second-order valence-corrected chi connectivity index (χ2v) is 5.99. The van der Waals surface area contributed by atoms with E-state index in [4.69, 9.17) is 4.74 Å². The van der Waals surface area contributed by atoms with E-state index in [9.17, 15) is 9.59 Å². The lowest BCUT2D eigenvalue weighted by Gasteiger charge is -2.07. The number of hydrogen-bond acceptors (Lipinski definition) is 4. The fourth-order valence-corrected chi connectivity index (χ4v) is 2.67. The number of nitrogens with one attached hydrogen (secondary N) is 1. The zero-order valence-corrected chi connectivity index (χ0v) is 14.0. The van der Waals surface area contributed by atoms with Crippen LogP contribution in [0.3, 0.4) is 0 Å². The van der Waals surface area contributed by atoms with Crippen molar-refractivity contribution in [1.82, 2.24) is 0 Å². The first-order valence-corrected chi connectivity index (χ1v) is 8.33. The van der Waals surface area contributed by atoms with Gasteiger partial charge in [-0.15, -0.1) is 11.8 Å². The van der Waals surface area contributed by atoms with E-state index in [1.807, 2.05) is 49.4 Å². The molecule has 1 N–H and O–H groups in total. The van der Waals surface area contributed by atoms with Gasteiger partial charge in [-0.3, -0.25) is 9.59 Å². The molecule has 23 heavy (non-hydrogen) atoms. The van der Waals surface area contributed by atoms with Crippen LogP contribution in [0.1, 0.15) is 22.8 Å². The Morgan fingerprint density at radius 1 is 1.13 bits per heavy atom. The molecule has 0 saturated carbocycles. The molecule has 0 atom stereocenters. The molecule has 0 saturated heterocycles. The molecule has 0 fully saturated rings. The number of esters is 1. The predicted molar refractivity (Wildman–Crippen MR) is 92.9 cm³/mol. The van der Waals surface area contributed by atoms with Gasteiger partial charge in [-0.1, -0.05) is 17.7 Å². The van der Waals surface area contributed by atoms with Crippen molar-refractivity contribution < 1.29 is 14.3 Å². The molecule has 0 aliphatic heterocycles. The molecule has 0 spiro atoms. The number of ether oxygens (including phenoxy) is 1. The molecule has 0 unspecified atom stereocenters. The molecule has 0 radical (unpaired) electrons. The average Bonchev–Trinajstić information content (AvgIpc) is 2.54. The van der Waals surface area contributed by atoms with Gasteiger partial charge in [-0.2, -0.15) is 0 Å². The largest absolute Gasteiger partial charge is 0.465 e. The minimum absolute atomic E-state index is 0.138. The molecule has 2 aromatic carbocycles. The lowest BCUT2D eigenvalue weighted by Crippen LogP contribution is -2.11. The number of carbonyl (C=O) groups is 2. The van der Waals surface area contributed by atoms with Crippen LogP contribution in [0.25, 0.3) is 0 Å². The van der Waals surface area contributed by atoms with Gasteiger partial charge >= 0.3 is 5.97 Å². The number of thioether (sulfide) groups is 1. The van der Waals surface area contributed by atoms with Gasteiger partial charge in [0.1, 0.15) is 0 Å². The minimum Gasteiger partial charge on any atom is -0.465 e. The molecule has 2 rings (SSSR count). The zero-order valence-electron chi connectivity index (χ0n) is 13.2. The molecular formula is C18H19NO3S. The Bertz CT molecular complexity index is 683. The average molecular weight is 329 g/mol. The van der Waals surface area contributed by atoms with Crippen LogP contribution >= 0.6 is 11.8 Å². The Morgan fingerprint density at radius 3 is 2.52 bits per heavy atom. The SMILES string of the molecule is CCOC(=O)CSc1ccc(NC(=O)c2cccc(C)c2)cc1. The molecule has 120 valence electrons. The van der Waals surface area contributed by atoms with Crippen LogP contribution in [0.4, 0.5) is 5.69 Å². The lowest BCUT2D eigenvalue weighted by atomic mass is 10.1. The summed E-state index contributed by atoms with van der Waals surface area (Å²) in [6.45, 7) is 4.13. The van der Waals surface area contributed by atoms with Gasteiger partial charge in [0.05, 0.1) is 12.4 Å². The molecule has 0 aliphatic rings. The fourth-order valence-electron chi connectivity index (χ4n) is 1.97. The lowest BCUT2D eigenvalue weighted by molar-refractivity contribution is -0.139. The first-order chi connectivity index (χ1) is 11.1. The Kier molecular flexibility index (Phi) is 6.23. The van der Waals surface area contributed by atoms with E-state index < -0.39 is 0 Å². The third-order valence-electron chi connectivity index (χ3n) is 3.05. The summed E-state index contributed by atoms with van der Waals surface area (Å²) in [7, 11) is 0. The van der Waals surface area contributed by atoms with Gasteiger partial charge in [0.15, 0.2) is 0 Å². The molecular weight excluding hydrogens is 310 g/mol. The van der Waals surface area contributed by atoms with Crippen LogP contribution < -0.4 is 5.32 Å². The molecule has 4 nitrogen and oxygen atoms in total. The Morgan fingerprint density at radius 2 is 1.87 bits per heavy atom. The van der Waals surface area contributed by atoms with Crippen molar-refractivity contribution in [3.8, 4) is 0 Å². The minimum atomic E-state index is -0.227. The van der Waals surface area contributed by atoms with Crippen molar-refractivity contribution in [3.05, 3.63) is 59.7 Å². The maximum absolute atomic E-state index is 12.2. The van der Waals surface area contributed by atoms with Crippen LogP contribution in [0.15, 0.2) is 53.4 Å². The second kappa shape index (κ2) is 8.39. The van der Waals surface area contributed by atoms with Crippen molar-refractivity contribution in [2.24, 2.45) is 0 Å². The molecule has 0 bridgehead atoms. The maximum Gasteiger partial charge on any atom is 0.316 e. The highest BCUT2D eigenvalue weighted by Crippen LogP contribution is 2.21. The van der Waals surface area contributed by atoms with Gasteiger partial charge < -0.3 is 10.1 Å². The molecule has 0 aliphatic carbocycles. The van der Waals surface area contributed by atoms with Crippen LogP contribution in [-0.2, 0) is 9.53 Å². The van der Waals surface area contributed by atoms with Crippen molar-refractivity contribution in [3.63, 3.8) is 0 Å². The Balaban J connectivity index is 1.92. The van der Waals surface area contributed by atoms with E-state index in [2.05, 4.69) is 5.32 Å². The summed E-state index contributed by atoms with van der Waals surface area (Å²) in [6, 6.07) is 14.8. The van der Waals surface area contributed by atoms with Gasteiger partial charge in [0, 0.05) is 16.1 Å². The summed E-state index contributed by atoms with van der Waals surface area (Å²) in [6.07, 6.45) is 0. The van der Waals surface area contributed by atoms with E-state index in [1.54, 1.807) is 13.0 Å². The number of benzene rings is 2. The zero-order chi connectivity index (χ0) is 16.7. The number of anilines is 1. The maximum atomic E-state index is 12.2. The number of amides is 1. The number of hydrogen-bond donors (Lipinski definition) is 1. The first kappa shape index (κ1) is 17.1. The van der Waals surface area contributed by atoms with Crippen LogP contribution in [0.5, 0.6) is 0 Å². The van der Waals surface area contributed by atoms with Crippen molar-refractivity contribution >= 4 is 29.3 Å². The molecule has 2 aromatic rings. The van der Waals surface area contributed by atoms with Crippen molar-refractivity contribution in [2.75, 3.05) is 17.7 Å². The quantitative estimate of drug-likeness (QED) is 0.645. The van der Waals surface area contributed by atoms with E-state index >= 15 is 0 Å². The summed E-state index contributed by atoms with van der Waals surface area (Å²) in [4.78, 5) is 24.4. The smallest absolute Gasteiger partial charge is 0.316 e. The van der Waals surface area contributed by atoms with E-state index in [1.165, 1.54) is 11.8 Å². The molecule has 1 amide bonds. The normalized spacial score (nSPS) is 10.2. The summed E-state index contributed by atoms with van der Waals surface area (Å²) in [5, 5.41) is 2.86. The number of aryl methyl sites for hydroxylation is 1. The second-order valence-electron chi connectivity index (χ2n) is 4.94. The summed E-state index contributed by atoms with van der Waals surface area (Å²) >= 11 is 1.41. The Labute approximate surface area is 140 Å². The predicted octanol–water partition coefficient (Wildman–Crippen LogP) is 3.90. The van der Waals surface area contributed by atoms with Crippen LogP contribution in [0, 0.1) is 6.92 Å². The van der Waals surface area contributed by atoms with Gasteiger partial charge in [0.2, 0.25) is 0 Å². The van der Waals surface area contributed by atoms with Gasteiger partial charge in [0.25, 0.3) is 5.91 Å². The third kappa shape index (κ3) is 5.45. The van der Waals surface area contributed by atoms with Gasteiger partial charge in [-0.25, -0.2) is 0 Å². The van der Waals surface area contributed by atoms with Crippen molar-refractivity contribution in [1.29, 1.82) is 0 Å². The van der Waals surface area contributed by atoms with Crippen LogP contribution in [-0.4, -0.2) is 24.2 Å². The summed E-state index contributed by atoms with van der Waals surface area (Å²) in [5.41, 5.74) is 2.39. The fraction of sp³-hybridized carbons (Fsp3) is 0.222. The molecule has 5 heteroatoms. The number of carbonyl (C=O) groups excluding carboxylic acids is 2. The van der Waals surface area contributed by atoms with E-state index in [0.717, 1.165) is 16.1 Å².